The average molecular weight is 392 g/mol. The summed E-state index contributed by atoms with van der Waals surface area (Å²) in [5, 5.41) is 6.91. The van der Waals surface area contributed by atoms with Crippen LogP contribution in [0.1, 0.15) is 37.5 Å². The molecule has 2 aromatic rings. The second-order valence-electron chi connectivity index (χ2n) is 6.71. The number of hydrogen-bond donors (Lipinski definition) is 1. The highest BCUT2D eigenvalue weighted by Gasteiger charge is 2.23. The number of carbonyl (C=O) groups is 1. The monoisotopic (exact) mass is 392 g/mol. The van der Waals surface area contributed by atoms with Crippen molar-refractivity contribution in [2.24, 2.45) is 0 Å². The Labute approximate surface area is 159 Å². The highest BCUT2D eigenvalue weighted by atomic mass is 32.2. The SMILES string of the molecule is CS(=O)(=O)N1CCCC(c2nc(-c3ccccc3)no2)CCNC(=O)CC1. The third-order valence-corrected chi connectivity index (χ3v) is 5.96. The maximum atomic E-state index is 11.9. The predicted molar refractivity (Wildman–Crippen MR) is 100 cm³/mol. The van der Waals surface area contributed by atoms with Crippen LogP contribution in [0.5, 0.6) is 0 Å². The van der Waals surface area contributed by atoms with Crippen molar-refractivity contribution < 1.29 is 17.7 Å². The normalized spacial score (nSPS) is 20.6. The minimum absolute atomic E-state index is 0.0326. The first kappa shape index (κ1) is 19.5. The van der Waals surface area contributed by atoms with E-state index < -0.39 is 10.0 Å². The van der Waals surface area contributed by atoms with E-state index in [1.165, 1.54) is 10.6 Å². The van der Waals surface area contributed by atoms with Crippen molar-refractivity contribution >= 4 is 15.9 Å². The lowest BCUT2D eigenvalue weighted by Crippen LogP contribution is -2.35. The summed E-state index contributed by atoms with van der Waals surface area (Å²) in [5.74, 6) is 0.865. The van der Waals surface area contributed by atoms with E-state index in [1.807, 2.05) is 30.3 Å². The molecule has 1 N–H and O–H groups in total. The van der Waals surface area contributed by atoms with E-state index in [4.69, 9.17) is 4.52 Å². The van der Waals surface area contributed by atoms with Gasteiger partial charge in [0.1, 0.15) is 0 Å². The quantitative estimate of drug-likeness (QED) is 0.853. The summed E-state index contributed by atoms with van der Waals surface area (Å²) in [6.45, 7) is 1.07. The fraction of sp³-hybridized carbons (Fsp3) is 0.500. The zero-order valence-corrected chi connectivity index (χ0v) is 16.1. The van der Waals surface area contributed by atoms with Gasteiger partial charge >= 0.3 is 0 Å². The van der Waals surface area contributed by atoms with Crippen LogP contribution >= 0.6 is 0 Å². The number of amides is 1. The van der Waals surface area contributed by atoms with Crippen molar-refractivity contribution in [2.75, 3.05) is 25.9 Å². The van der Waals surface area contributed by atoms with Crippen molar-refractivity contribution in [2.45, 2.75) is 31.6 Å². The second-order valence-corrected chi connectivity index (χ2v) is 8.69. The lowest BCUT2D eigenvalue weighted by atomic mass is 9.99. The smallest absolute Gasteiger partial charge is 0.230 e. The maximum Gasteiger partial charge on any atom is 0.230 e. The van der Waals surface area contributed by atoms with Crippen LogP contribution in [0.4, 0.5) is 0 Å². The highest BCUT2D eigenvalue weighted by molar-refractivity contribution is 7.88. The number of sulfonamides is 1. The number of rotatable bonds is 3. The van der Waals surface area contributed by atoms with Gasteiger partial charge in [0.25, 0.3) is 0 Å². The molecule has 3 rings (SSSR count). The van der Waals surface area contributed by atoms with Gasteiger partial charge in [-0.3, -0.25) is 4.79 Å². The van der Waals surface area contributed by atoms with Gasteiger partial charge in [-0.1, -0.05) is 35.5 Å². The van der Waals surface area contributed by atoms with E-state index in [9.17, 15) is 13.2 Å². The lowest BCUT2D eigenvalue weighted by molar-refractivity contribution is -0.121. The lowest BCUT2D eigenvalue weighted by Gasteiger charge is -2.19. The number of nitrogens with one attached hydrogen (secondary N) is 1. The Hall–Kier alpha value is -2.26. The Bertz CT molecular complexity index is 866. The standard InChI is InChI=1S/C18H24N4O4S/c1-27(24,25)22-12-5-8-15(9-11-19-16(23)10-13-22)18-20-17(21-26-18)14-6-3-2-4-7-14/h2-4,6-7,15H,5,8-13H2,1H3,(H,19,23). The van der Waals surface area contributed by atoms with Crippen LogP contribution in [0.15, 0.2) is 34.9 Å². The summed E-state index contributed by atoms with van der Waals surface area (Å²) in [6, 6.07) is 9.57. The zero-order valence-electron chi connectivity index (χ0n) is 15.3. The van der Waals surface area contributed by atoms with Crippen LogP contribution < -0.4 is 5.32 Å². The summed E-state index contributed by atoms with van der Waals surface area (Å²) < 4.78 is 30.6. The summed E-state index contributed by atoms with van der Waals surface area (Å²) in [6.07, 6.45) is 3.37. The molecular formula is C18H24N4O4S. The predicted octanol–water partition coefficient (Wildman–Crippen LogP) is 1.77. The van der Waals surface area contributed by atoms with Crippen LogP contribution in [0.2, 0.25) is 0 Å². The van der Waals surface area contributed by atoms with Crippen molar-refractivity contribution in [3.63, 3.8) is 0 Å². The van der Waals surface area contributed by atoms with Crippen LogP contribution in [0.3, 0.4) is 0 Å². The molecule has 8 nitrogen and oxygen atoms in total. The molecular weight excluding hydrogens is 368 g/mol. The number of benzene rings is 1. The van der Waals surface area contributed by atoms with Gasteiger partial charge in [0.15, 0.2) is 0 Å². The van der Waals surface area contributed by atoms with Crippen LogP contribution in [-0.2, 0) is 14.8 Å². The van der Waals surface area contributed by atoms with E-state index in [0.29, 0.717) is 44.1 Å². The number of carbonyl (C=O) groups excluding carboxylic acids is 1. The van der Waals surface area contributed by atoms with E-state index >= 15 is 0 Å². The molecule has 0 saturated carbocycles. The summed E-state index contributed by atoms with van der Waals surface area (Å²) >= 11 is 0. The van der Waals surface area contributed by atoms with Gasteiger partial charge in [0.05, 0.1) is 6.26 Å². The zero-order chi connectivity index (χ0) is 19.3. The van der Waals surface area contributed by atoms with Gasteiger partial charge in [-0.05, 0) is 19.3 Å². The molecule has 9 heteroatoms. The molecule has 0 bridgehead atoms. The second kappa shape index (κ2) is 8.62. The van der Waals surface area contributed by atoms with Gasteiger partial charge in [-0.2, -0.15) is 4.98 Å². The van der Waals surface area contributed by atoms with Crippen molar-refractivity contribution in [3.8, 4) is 11.4 Å². The molecule has 1 aromatic heterocycles. The Morgan fingerprint density at radius 2 is 1.96 bits per heavy atom. The van der Waals surface area contributed by atoms with Gasteiger partial charge in [0.2, 0.25) is 27.6 Å². The topological polar surface area (TPSA) is 105 Å². The molecule has 2 heterocycles. The van der Waals surface area contributed by atoms with E-state index in [1.54, 1.807) is 0 Å². The molecule has 27 heavy (non-hydrogen) atoms. The van der Waals surface area contributed by atoms with Gasteiger partial charge in [0, 0.05) is 37.5 Å². The minimum Gasteiger partial charge on any atom is -0.356 e. The van der Waals surface area contributed by atoms with Crippen LogP contribution in [-0.4, -0.2) is 54.7 Å². The first-order valence-corrected chi connectivity index (χ1v) is 10.9. The van der Waals surface area contributed by atoms with E-state index in [2.05, 4.69) is 15.5 Å². The summed E-state index contributed by atoms with van der Waals surface area (Å²) in [4.78, 5) is 16.5. The molecule has 146 valence electrons. The average Bonchev–Trinajstić information content (AvgIpc) is 3.11. The Morgan fingerprint density at radius 3 is 2.70 bits per heavy atom. The molecule has 1 aliphatic rings. The molecule has 1 amide bonds. The van der Waals surface area contributed by atoms with Gasteiger partial charge in [-0.25, -0.2) is 12.7 Å². The Kier molecular flexibility index (Phi) is 6.22. The Balaban J connectivity index is 1.74. The molecule has 1 atom stereocenters. The molecule has 1 aliphatic heterocycles. The first-order chi connectivity index (χ1) is 12.9. The van der Waals surface area contributed by atoms with Crippen molar-refractivity contribution in [1.29, 1.82) is 0 Å². The number of hydrogen-bond acceptors (Lipinski definition) is 6. The molecule has 0 aliphatic carbocycles. The van der Waals surface area contributed by atoms with E-state index in [-0.39, 0.29) is 24.8 Å². The number of nitrogens with zero attached hydrogens (tertiary/aromatic N) is 3. The van der Waals surface area contributed by atoms with E-state index in [0.717, 1.165) is 5.56 Å². The minimum atomic E-state index is -3.34. The fourth-order valence-corrected chi connectivity index (χ4v) is 4.04. The molecule has 1 fully saturated rings. The Morgan fingerprint density at radius 1 is 1.19 bits per heavy atom. The number of aromatic nitrogens is 2. The van der Waals surface area contributed by atoms with Gasteiger partial charge in [-0.15, -0.1) is 0 Å². The van der Waals surface area contributed by atoms with Crippen LogP contribution in [0, 0.1) is 0 Å². The molecule has 0 radical (unpaired) electrons. The molecule has 1 aromatic carbocycles. The molecule has 0 spiro atoms. The van der Waals surface area contributed by atoms with Crippen molar-refractivity contribution in [3.05, 3.63) is 36.2 Å². The first-order valence-electron chi connectivity index (χ1n) is 9.04. The van der Waals surface area contributed by atoms with Crippen LogP contribution in [0.25, 0.3) is 11.4 Å². The molecule has 1 saturated heterocycles. The molecule has 1 unspecified atom stereocenters. The highest BCUT2D eigenvalue weighted by Crippen LogP contribution is 2.26. The maximum absolute atomic E-state index is 11.9. The summed E-state index contributed by atoms with van der Waals surface area (Å²) in [5.41, 5.74) is 0.876. The third-order valence-electron chi connectivity index (χ3n) is 4.66. The van der Waals surface area contributed by atoms with Crippen molar-refractivity contribution in [1.82, 2.24) is 19.8 Å². The summed E-state index contributed by atoms with van der Waals surface area (Å²) in [7, 11) is -3.34. The largest absolute Gasteiger partial charge is 0.356 e. The third kappa shape index (κ3) is 5.36. The van der Waals surface area contributed by atoms with Gasteiger partial charge < -0.3 is 9.84 Å². The fourth-order valence-electron chi connectivity index (χ4n) is 3.15.